The quantitative estimate of drug-likeness (QED) is 0.790. The molecule has 0 aliphatic heterocycles. The van der Waals surface area contributed by atoms with Gasteiger partial charge in [0.2, 0.25) is 5.78 Å². The van der Waals surface area contributed by atoms with E-state index in [9.17, 15) is 4.79 Å². The molecule has 0 saturated carbocycles. The van der Waals surface area contributed by atoms with Crippen LogP contribution in [-0.2, 0) is 0 Å². The van der Waals surface area contributed by atoms with Crippen LogP contribution in [0.1, 0.15) is 16.1 Å². The third kappa shape index (κ3) is 2.27. The van der Waals surface area contributed by atoms with Gasteiger partial charge in [0.05, 0.1) is 0 Å². The van der Waals surface area contributed by atoms with E-state index in [2.05, 4.69) is 20.3 Å². The molecular weight excluding hydrogens is 298 g/mol. The van der Waals surface area contributed by atoms with E-state index in [0.717, 1.165) is 0 Å². The van der Waals surface area contributed by atoms with Crippen LogP contribution in [0.4, 0.5) is 0 Å². The van der Waals surface area contributed by atoms with E-state index in [1.807, 2.05) is 0 Å². The van der Waals surface area contributed by atoms with Gasteiger partial charge in [-0.2, -0.15) is 4.37 Å². The lowest BCUT2D eigenvalue weighted by atomic mass is 10.1. The Hall–Kier alpha value is -0.710. The van der Waals surface area contributed by atoms with Gasteiger partial charge >= 0.3 is 0 Å². The van der Waals surface area contributed by atoms with Crippen LogP contribution in [0.2, 0.25) is 5.02 Å². The van der Waals surface area contributed by atoms with Crippen LogP contribution in [0.15, 0.2) is 34.1 Å². The van der Waals surface area contributed by atoms with E-state index >= 15 is 0 Å². The standard InChI is InChI=1S/C10H5BrClNOS/c11-8-5-6(12)1-2-7(8)10(14)9-3-4-15-13-9/h1-5H. The highest BCUT2D eigenvalue weighted by Crippen LogP contribution is 2.23. The van der Waals surface area contributed by atoms with Crippen LogP contribution in [0.25, 0.3) is 0 Å². The maximum Gasteiger partial charge on any atom is 0.213 e. The molecular formula is C10H5BrClNOS. The molecule has 2 rings (SSSR count). The third-order valence-corrected chi connectivity index (χ3v) is 3.30. The predicted octanol–water partition coefficient (Wildman–Crippen LogP) is 3.79. The van der Waals surface area contributed by atoms with Crippen molar-refractivity contribution in [2.24, 2.45) is 0 Å². The topological polar surface area (TPSA) is 30.0 Å². The van der Waals surface area contributed by atoms with Gasteiger partial charge in [-0.1, -0.05) is 11.6 Å². The first kappa shape index (κ1) is 10.8. The summed E-state index contributed by atoms with van der Waals surface area (Å²) in [4.78, 5) is 11.9. The first-order chi connectivity index (χ1) is 7.18. The smallest absolute Gasteiger partial charge is 0.213 e. The fraction of sp³-hybridized carbons (Fsp3) is 0. The molecule has 0 fully saturated rings. The van der Waals surface area contributed by atoms with E-state index in [1.54, 1.807) is 29.6 Å². The second kappa shape index (κ2) is 4.43. The predicted molar refractivity (Wildman–Crippen MR) is 64.7 cm³/mol. The van der Waals surface area contributed by atoms with Crippen LogP contribution < -0.4 is 0 Å². The molecule has 2 aromatic rings. The summed E-state index contributed by atoms with van der Waals surface area (Å²) < 4.78 is 4.68. The largest absolute Gasteiger partial charge is 0.287 e. The van der Waals surface area contributed by atoms with Gasteiger partial charge in [-0.05, 0) is 51.7 Å². The van der Waals surface area contributed by atoms with Gasteiger partial charge in [0.15, 0.2) is 0 Å². The lowest BCUT2D eigenvalue weighted by Gasteiger charge is -2.01. The molecule has 0 unspecified atom stereocenters. The van der Waals surface area contributed by atoms with Crippen molar-refractivity contribution >= 4 is 44.8 Å². The van der Waals surface area contributed by atoms with E-state index < -0.39 is 0 Å². The molecule has 15 heavy (non-hydrogen) atoms. The maximum atomic E-state index is 11.9. The summed E-state index contributed by atoms with van der Waals surface area (Å²) in [5.74, 6) is -0.0974. The molecule has 0 aliphatic rings. The number of hydrogen-bond donors (Lipinski definition) is 0. The molecule has 0 radical (unpaired) electrons. The van der Waals surface area contributed by atoms with Gasteiger partial charge in [-0.15, -0.1) is 0 Å². The average molecular weight is 303 g/mol. The zero-order valence-electron chi connectivity index (χ0n) is 7.41. The fourth-order valence-electron chi connectivity index (χ4n) is 1.14. The molecule has 0 aliphatic carbocycles. The van der Waals surface area contributed by atoms with E-state index in [1.165, 1.54) is 11.5 Å². The number of ketones is 1. The zero-order chi connectivity index (χ0) is 10.8. The van der Waals surface area contributed by atoms with Crippen LogP contribution in [0, 0.1) is 0 Å². The molecule has 2 nitrogen and oxygen atoms in total. The molecule has 0 spiro atoms. The minimum absolute atomic E-state index is 0.0974. The van der Waals surface area contributed by atoms with Gasteiger partial charge < -0.3 is 0 Å². The van der Waals surface area contributed by atoms with Crippen molar-refractivity contribution in [1.29, 1.82) is 0 Å². The molecule has 0 atom stereocenters. The number of benzene rings is 1. The highest BCUT2D eigenvalue weighted by molar-refractivity contribution is 9.10. The summed E-state index contributed by atoms with van der Waals surface area (Å²) in [5.41, 5.74) is 1.04. The van der Waals surface area contributed by atoms with Crippen molar-refractivity contribution in [2.75, 3.05) is 0 Å². The number of aromatic nitrogens is 1. The number of hydrogen-bond acceptors (Lipinski definition) is 3. The van der Waals surface area contributed by atoms with Gasteiger partial charge in [-0.3, -0.25) is 4.79 Å². The molecule has 0 N–H and O–H groups in total. The van der Waals surface area contributed by atoms with Crippen LogP contribution >= 0.6 is 39.1 Å². The summed E-state index contributed by atoms with van der Waals surface area (Å²) in [7, 11) is 0. The Kier molecular flexibility index (Phi) is 3.19. The Balaban J connectivity index is 2.42. The van der Waals surface area contributed by atoms with Gasteiger partial charge in [0.1, 0.15) is 5.69 Å². The second-order valence-corrected chi connectivity index (χ2v) is 4.79. The van der Waals surface area contributed by atoms with Crippen molar-refractivity contribution in [2.45, 2.75) is 0 Å². The fourth-order valence-corrected chi connectivity index (χ4v) is 2.51. The average Bonchev–Trinajstić information content (AvgIpc) is 2.69. The SMILES string of the molecule is O=C(c1ccsn1)c1ccc(Cl)cc1Br. The Morgan fingerprint density at radius 1 is 1.40 bits per heavy atom. The summed E-state index contributed by atoms with van der Waals surface area (Å²) in [6.45, 7) is 0. The maximum absolute atomic E-state index is 11.9. The lowest BCUT2D eigenvalue weighted by molar-refractivity contribution is 0.103. The normalized spacial score (nSPS) is 10.3. The highest BCUT2D eigenvalue weighted by Gasteiger charge is 2.14. The number of carbonyl (C=O) groups excluding carboxylic acids is 1. The number of rotatable bonds is 2. The molecule has 5 heteroatoms. The van der Waals surface area contributed by atoms with Gasteiger partial charge in [-0.25, -0.2) is 0 Å². The molecule has 0 saturated heterocycles. The molecule has 76 valence electrons. The molecule has 1 heterocycles. The number of nitrogens with zero attached hydrogens (tertiary/aromatic N) is 1. The van der Waals surface area contributed by atoms with E-state index in [4.69, 9.17) is 11.6 Å². The summed E-state index contributed by atoms with van der Waals surface area (Å²) in [6, 6.07) is 6.77. The Morgan fingerprint density at radius 3 is 2.80 bits per heavy atom. The number of halogens is 2. The van der Waals surface area contributed by atoms with Crippen molar-refractivity contribution in [3.05, 3.63) is 50.4 Å². The molecule has 0 amide bonds. The summed E-state index contributed by atoms with van der Waals surface area (Å²) in [6.07, 6.45) is 0. The Labute approximate surface area is 104 Å². The zero-order valence-corrected chi connectivity index (χ0v) is 10.6. The van der Waals surface area contributed by atoms with Crippen molar-refractivity contribution in [3.63, 3.8) is 0 Å². The first-order valence-electron chi connectivity index (χ1n) is 4.08. The Bertz CT molecular complexity index is 498. The van der Waals surface area contributed by atoms with E-state index in [0.29, 0.717) is 20.8 Å². The monoisotopic (exact) mass is 301 g/mol. The Morgan fingerprint density at radius 2 is 2.20 bits per heavy atom. The first-order valence-corrected chi connectivity index (χ1v) is 6.09. The van der Waals surface area contributed by atoms with Gasteiger partial charge in [0.25, 0.3) is 0 Å². The molecule has 1 aromatic heterocycles. The molecule has 0 bridgehead atoms. The van der Waals surface area contributed by atoms with Crippen LogP contribution in [0.3, 0.4) is 0 Å². The summed E-state index contributed by atoms with van der Waals surface area (Å²) in [5, 5.41) is 2.37. The van der Waals surface area contributed by atoms with Crippen molar-refractivity contribution in [1.82, 2.24) is 4.37 Å². The van der Waals surface area contributed by atoms with Crippen molar-refractivity contribution < 1.29 is 4.79 Å². The lowest BCUT2D eigenvalue weighted by Crippen LogP contribution is -2.02. The van der Waals surface area contributed by atoms with E-state index in [-0.39, 0.29) is 5.78 Å². The van der Waals surface area contributed by atoms with Crippen molar-refractivity contribution in [3.8, 4) is 0 Å². The minimum atomic E-state index is -0.0974. The highest BCUT2D eigenvalue weighted by atomic mass is 79.9. The third-order valence-electron chi connectivity index (χ3n) is 1.85. The molecule has 1 aromatic carbocycles. The summed E-state index contributed by atoms with van der Waals surface area (Å²) >= 11 is 10.4. The van der Waals surface area contributed by atoms with Gasteiger partial charge in [0, 0.05) is 20.4 Å². The minimum Gasteiger partial charge on any atom is -0.287 e. The second-order valence-electron chi connectivity index (χ2n) is 2.84. The van der Waals surface area contributed by atoms with Crippen LogP contribution in [-0.4, -0.2) is 10.2 Å². The number of carbonyl (C=O) groups is 1. The van der Waals surface area contributed by atoms with Crippen LogP contribution in [0.5, 0.6) is 0 Å².